The van der Waals surface area contributed by atoms with Crippen molar-refractivity contribution in [1.82, 2.24) is 25.1 Å². The van der Waals surface area contributed by atoms with Gasteiger partial charge in [0.2, 0.25) is 5.91 Å². The van der Waals surface area contributed by atoms with Crippen LogP contribution in [0.4, 0.5) is 23.1 Å². The minimum Gasteiger partial charge on any atom is -0.354 e. The van der Waals surface area contributed by atoms with Crippen LogP contribution in [0.1, 0.15) is 12.8 Å². The van der Waals surface area contributed by atoms with Crippen molar-refractivity contribution in [2.45, 2.75) is 22.9 Å². The molecule has 2 aliphatic rings. The Bertz CT molecular complexity index is 1090. The maximum Gasteiger partial charge on any atom is 0.227 e. The topological polar surface area (TPSA) is 128 Å². The van der Waals surface area contributed by atoms with Crippen LogP contribution in [0.3, 0.4) is 0 Å². The Morgan fingerprint density at radius 2 is 1.91 bits per heavy atom. The molecule has 3 heterocycles. The van der Waals surface area contributed by atoms with E-state index in [-0.39, 0.29) is 11.8 Å². The lowest BCUT2D eigenvalue weighted by Crippen LogP contribution is -2.48. The van der Waals surface area contributed by atoms with Crippen molar-refractivity contribution < 1.29 is 4.79 Å². The zero-order valence-electron chi connectivity index (χ0n) is 18.9. The van der Waals surface area contributed by atoms with Crippen molar-refractivity contribution in [3.05, 3.63) is 42.6 Å². The molecule has 1 aliphatic carbocycles. The summed E-state index contributed by atoms with van der Waals surface area (Å²) in [6.45, 7) is 5.29. The maximum atomic E-state index is 12.0. The first kappa shape index (κ1) is 22.6. The van der Waals surface area contributed by atoms with Gasteiger partial charge in [0, 0.05) is 67.9 Å². The smallest absolute Gasteiger partial charge is 0.227 e. The van der Waals surface area contributed by atoms with E-state index in [4.69, 9.17) is 15.7 Å². The lowest BCUT2D eigenvalue weighted by molar-refractivity contribution is -0.117. The third-order valence-corrected chi connectivity index (χ3v) is 6.75. The average molecular weight is 480 g/mol. The fourth-order valence-electron chi connectivity index (χ4n) is 3.83. The van der Waals surface area contributed by atoms with Gasteiger partial charge in [0.25, 0.3) is 0 Å². The Hall–Kier alpha value is -3.15. The second-order valence-electron chi connectivity index (χ2n) is 8.50. The number of nitrogens with two attached hydrogens (primary N) is 1. The van der Waals surface area contributed by atoms with Crippen LogP contribution in [-0.2, 0) is 4.79 Å². The molecule has 3 aromatic rings. The van der Waals surface area contributed by atoms with Crippen LogP contribution in [0.2, 0.25) is 0 Å². The molecule has 0 radical (unpaired) electrons. The van der Waals surface area contributed by atoms with Gasteiger partial charge in [0.15, 0.2) is 5.16 Å². The van der Waals surface area contributed by atoms with E-state index in [1.54, 1.807) is 6.20 Å². The van der Waals surface area contributed by atoms with E-state index in [9.17, 15) is 4.79 Å². The Balaban J connectivity index is 1.32. The third-order valence-electron chi connectivity index (χ3n) is 5.88. The summed E-state index contributed by atoms with van der Waals surface area (Å²) in [6.07, 6.45) is 3.68. The molecule has 1 amide bonds. The number of amides is 1. The van der Waals surface area contributed by atoms with E-state index in [0.717, 1.165) is 67.8 Å². The SMILES string of the molecule is NCCN1CCN(c2cc(Nc3ccn[nH]3)nc(Sc3ccc(NC(=O)C4CC4)cc3)n2)CC1. The van der Waals surface area contributed by atoms with Gasteiger partial charge in [-0.25, -0.2) is 9.97 Å². The number of carbonyl (C=O) groups is 1. The Kier molecular flexibility index (Phi) is 6.93. The van der Waals surface area contributed by atoms with Crippen molar-refractivity contribution >= 4 is 40.8 Å². The normalized spacial score (nSPS) is 16.4. The number of nitrogens with zero attached hydrogens (tertiary/aromatic N) is 5. The molecule has 178 valence electrons. The van der Waals surface area contributed by atoms with Crippen molar-refractivity contribution in [3.8, 4) is 0 Å². The Morgan fingerprint density at radius 1 is 1.12 bits per heavy atom. The van der Waals surface area contributed by atoms with Crippen LogP contribution in [-0.4, -0.2) is 70.2 Å². The van der Waals surface area contributed by atoms with Gasteiger partial charge in [-0.05, 0) is 48.9 Å². The lowest BCUT2D eigenvalue weighted by atomic mass is 10.3. The second-order valence-corrected chi connectivity index (χ2v) is 9.54. The van der Waals surface area contributed by atoms with Crippen molar-refractivity contribution in [1.29, 1.82) is 0 Å². The lowest BCUT2D eigenvalue weighted by Gasteiger charge is -2.35. The monoisotopic (exact) mass is 479 g/mol. The zero-order valence-corrected chi connectivity index (χ0v) is 19.7. The summed E-state index contributed by atoms with van der Waals surface area (Å²) in [4.78, 5) is 27.2. The Labute approximate surface area is 202 Å². The summed E-state index contributed by atoms with van der Waals surface area (Å²) in [6, 6.07) is 11.6. The number of H-pyrrole nitrogens is 1. The summed E-state index contributed by atoms with van der Waals surface area (Å²) in [7, 11) is 0. The third kappa shape index (κ3) is 5.85. The fraction of sp³-hybridized carbons (Fsp3) is 0.391. The van der Waals surface area contributed by atoms with Crippen LogP contribution in [0.25, 0.3) is 0 Å². The summed E-state index contributed by atoms with van der Waals surface area (Å²) in [5.41, 5.74) is 6.53. The van der Waals surface area contributed by atoms with E-state index in [2.05, 4.69) is 30.6 Å². The van der Waals surface area contributed by atoms with Gasteiger partial charge < -0.3 is 21.3 Å². The predicted octanol–water partition coefficient (Wildman–Crippen LogP) is 2.52. The molecule has 34 heavy (non-hydrogen) atoms. The summed E-state index contributed by atoms with van der Waals surface area (Å²) < 4.78 is 0. The van der Waals surface area contributed by atoms with Crippen LogP contribution in [0.5, 0.6) is 0 Å². The number of aromatic nitrogens is 4. The van der Waals surface area contributed by atoms with Crippen LogP contribution in [0, 0.1) is 5.92 Å². The first-order valence-corrected chi connectivity index (χ1v) is 12.4. The molecule has 5 rings (SSSR count). The van der Waals surface area contributed by atoms with E-state index in [0.29, 0.717) is 17.5 Å². The molecule has 0 spiro atoms. The van der Waals surface area contributed by atoms with Crippen molar-refractivity contribution in [2.75, 3.05) is 54.8 Å². The van der Waals surface area contributed by atoms with Crippen LogP contribution < -0.4 is 21.3 Å². The standard InChI is InChI=1S/C23H29N9OS/c24-8-10-31-11-13-32(14-12-31)21-15-20(27-19-7-9-25-30-19)28-23(29-21)34-18-5-3-17(4-6-18)26-22(33)16-1-2-16/h3-7,9,15-16H,1-2,8,10-14,24H2,(H,26,33)(H2,25,27,28,29,30). The molecule has 10 nitrogen and oxygen atoms in total. The fourth-order valence-corrected chi connectivity index (χ4v) is 4.60. The highest BCUT2D eigenvalue weighted by Gasteiger charge is 2.29. The largest absolute Gasteiger partial charge is 0.354 e. The highest BCUT2D eigenvalue weighted by atomic mass is 32.2. The van der Waals surface area contributed by atoms with Gasteiger partial charge in [-0.2, -0.15) is 5.10 Å². The molecule has 11 heteroatoms. The minimum absolute atomic E-state index is 0.109. The molecule has 2 fully saturated rings. The van der Waals surface area contributed by atoms with Crippen molar-refractivity contribution in [3.63, 3.8) is 0 Å². The summed E-state index contributed by atoms with van der Waals surface area (Å²) >= 11 is 1.49. The van der Waals surface area contributed by atoms with E-state index in [1.165, 1.54) is 11.8 Å². The number of hydrogen-bond donors (Lipinski definition) is 4. The number of nitrogens with one attached hydrogen (secondary N) is 3. The highest BCUT2D eigenvalue weighted by Crippen LogP contribution is 2.32. The molecule has 2 aromatic heterocycles. The minimum atomic E-state index is 0.109. The van der Waals surface area contributed by atoms with Gasteiger partial charge in [-0.15, -0.1) is 0 Å². The zero-order chi connectivity index (χ0) is 23.3. The average Bonchev–Trinajstić information content (AvgIpc) is 3.58. The van der Waals surface area contributed by atoms with Gasteiger partial charge >= 0.3 is 0 Å². The van der Waals surface area contributed by atoms with Gasteiger partial charge in [-0.3, -0.25) is 14.8 Å². The highest BCUT2D eigenvalue weighted by molar-refractivity contribution is 7.99. The molecule has 5 N–H and O–H groups in total. The maximum absolute atomic E-state index is 12.0. The van der Waals surface area contributed by atoms with E-state index < -0.39 is 0 Å². The number of piperazine rings is 1. The van der Waals surface area contributed by atoms with E-state index in [1.807, 2.05) is 36.4 Å². The van der Waals surface area contributed by atoms with Crippen LogP contribution in [0.15, 0.2) is 52.6 Å². The molecular formula is C23H29N9OS. The number of anilines is 4. The number of aromatic amines is 1. The molecule has 1 saturated carbocycles. The molecule has 0 unspecified atom stereocenters. The number of carbonyl (C=O) groups excluding carboxylic acids is 1. The van der Waals surface area contributed by atoms with Gasteiger partial charge in [0.05, 0.1) is 6.20 Å². The van der Waals surface area contributed by atoms with E-state index >= 15 is 0 Å². The summed E-state index contributed by atoms with van der Waals surface area (Å²) in [5.74, 6) is 2.65. The van der Waals surface area contributed by atoms with Crippen LogP contribution >= 0.6 is 11.8 Å². The molecular weight excluding hydrogens is 450 g/mol. The molecule has 0 atom stereocenters. The summed E-state index contributed by atoms with van der Waals surface area (Å²) in [5, 5.41) is 13.8. The molecule has 1 aliphatic heterocycles. The second kappa shape index (κ2) is 10.4. The molecule has 1 saturated heterocycles. The van der Waals surface area contributed by atoms with Gasteiger partial charge in [0.1, 0.15) is 17.5 Å². The number of benzene rings is 1. The quantitative estimate of drug-likeness (QED) is 0.342. The molecule has 0 bridgehead atoms. The Morgan fingerprint density at radius 3 is 2.59 bits per heavy atom. The number of hydrogen-bond acceptors (Lipinski definition) is 9. The van der Waals surface area contributed by atoms with Gasteiger partial charge in [-0.1, -0.05) is 0 Å². The van der Waals surface area contributed by atoms with Crippen molar-refractivity contribution in [2.24, 2.45) is 11.7 Å². The molecule has 1 aromatic carbocycles. The first-order valence-electron chi connectivity index (χ1n) is 11.6. The first-order chi connectivity index (χ1) is 16.7. The number of rotatable bonds is 9. The predicted molar refractivity (Wildman–Crippen MR) is 134 cm³/mol.